The number of aryl methyl sites for hydroxylation is 1. The lowest BCUT2D eigenvalue weighted by molar-refractivity contribution is 0.278. The van der Waals surface area contributed by atoms with Crippen molar-refractivity contribution in [2.45, 2.75) is 51.2 Å². The van der Waals surface area contributed by atoms with E-state index in [-0.39, 0.29) is 0 Å². The van der Waals surface area contributed by atoms with Gasteiger partial charge in [-0.05, 0) is 49.2 Å². The topological polar surface area (TPSA) is 18.5 Å². The quantitative estimate of drug-likeness (QED) is 0.759. The summed E-state index contributed by atoms with van der Waals surface area (Å²) in [7, 11) is -2.00. The highest BCUT2D eigenvalue weighted by Crippen LogP contribution is 2.21. The van der Waals surface area contributed by atoms with Crippen molar-refractivity contribution in [3.05, 3.63) is 42.1 Å². The van der Waals surface area contributed by atoms with E-state index in [1.54, 1.807) is 0 Å². The van der Waals surface area contributed by atoms with Crippen molar-refractivity contribution in [3.63, 3.8) is 0 Å². The van der Waals surface area contributed by atoms with Gasteiger partial charge in [-0.25, -0.2) is 0 Å². The van der Waals surface area contributed by atoms with Gasteiger partial charge in [0, 0.05) is 13.2 Å². The first-order valence-electron chi connectivity index (χ1n) is 8.47. The van der Waals surface area contributed by atoms with Gasteiger partial charge in [0.25, 0.3) is 0 Å². The maximum absolute atomic E-state index is 5.85. The van der Waals surface area contributed by atoms with Crippen LogP contribution in [0.3, 0.4) is 0 Å². The van der Waals surface area contributed by atoms with Crippen LogP contribution in [0.25, 0.3) is 0 Å². The first-order valence-corrected chi connectivity index (χ1v) is 12.8. The van der Waals surface area contributed by atoms with Gasteiger partial charge in [0.2, 0.25) is 17.4 Å². The zero-order chi connectivity index (χ0) is 15.8. The molecule has 1 unspecified atom stereocenters. The molecule has 2 aliphatic heterocycles. The van der Waals surface area contributed by atoms with E-state index in [9.17, 15) is 0 Å². The molecule has 0 bridgehead atoms. The Bertz CT molecular complexity index is 464. The van der Waals surface area contributed by atoms with Crippen molar-refractivity contribution in [1.82, 2.24) is 0 Å². The summed E-state index contributed by atoms with van der Waals surface area (Å²) in [6.45, 7) is 10.2. The van der Waals surface area contributed by atoms with Crippen LogP contribution in [0, 0.1) is 6.92 Å². The van der Waals surface area contributed by atoms with Crippen LogP contribution in [0.1, 0.15) is 31.2 Å². The maximum atomic E-state index is 5.85. The van der Waals surface area contributed by atoms with Gasteiger partial charge < -0.3 is 8.85 Å². The van der Waals surface area contributed by atoms with E-state index in [2.05, 4.69) is 44.3 Å². The van der Waals surface area contributed by atoms with E-state index < -0.39 is 17.4 Å². The Hall–Kier alpha value is -0.686. The Kier molecular flexibility index (Phi) is 7.08. The lowest BCUT2D eigenvalue weighted by atomic mass is 10.2. The number of hydrogen-bond acceptors (Lipinski definition) is 2. The Morgan fingerprint density at radius 3 is 2.45 bits per heavy atom. The molecule has 3 rings (SSSR count). The second-order valence-corrected chi connectivity index (χ2v) is 12.4. The second kappa shape index (κ2) is 8.82. The average Bonchev–Trinajstić information content (AvgIpc) is 2.57. The maximum Gasteiger partial charge on any atom is 0.246 e. The molecule has 1 radical (unpaired) electrons. The highest BCUT2D eigenvalue weighted by molar-refractivity contribution is 6.77. The fourth-order valence-electron chi connectivity index (χ4n) is 2.87. The largest absolute Gasteiger partial charge is 0.413 e. The van der Waals surface area contributed by atoms with Gasteiger partial charge in [-0.3, -0.25) is 0 Å². The van der Waals surface area contributed by atoms with Gasteiger partial charge in [0.05, 0.1) is 0 Å². The molecule has 1 aromatic carbocycles. The van der Waals surface area contributed by atoms with Gasteiger partial charge >= 0.3 is 0 Å². The van der Waals surface area contributed by atoms with Crippen LogP contribution in [0.5, 0.6) is 0 Å². The van der Waals surface area contributed by atoms with Gasteiger partial charge in [-0.2, -0.15) is 0 Å². The molecule has 1 atom stereocenters. The predicted octanol–water partition coefficient (Wildman–Crippen LogP) is 4.10. The molecule has 22 heavy (non-hydrogen) atoms. The molecular weight excluding hydrogens is 304 g/mol. The molecule has 0 saturated carbocycles. The highest BCUT2D eigenvalue weighted by atomic mass is 28.4. The second-order valence-electron chi connectivity index (χ2n) is 6.37. The minimum Gasteiger partial charge on any atom is -0.413 e. The minimum atomic E-state index is -1.35. The van der Waals surface area contributed by atoms with E-state index in [0.29, 0.717) is 0 Å². The van der Waals surface area contributed by atoms with Gasteiger partial charge in [-0.15, -0.1) is 6.58 Å². The summed E-state index contributed by atoms with van der Waals surface area (Å²) in [5.41, 5.74) is 3.45. The van der Waals surface area contributed by atoms with Crippen molar-refractivity contribution < 1.29 is 8.85 Å². The normalized spacial score (nSPS) is 25.9. The van der Waals surface area contributed by atoms with Gasteiger partial charge in [-0.1, -0.05) is 42.8 Å². The summed E-state index contributed by atoms with van der Waals surface area (Å²) in [5.74, 6) is 0. The highest BCUT2D eigenvalue weighted by Gasteiger charge is 2.27. The average molecular weight is 334 g/mol. The summed E-state index contributed by atoms with van der Waals surface area (Å²) in [6, 6.07) is 11.2. The SMILES string of the molecule is C=C[Si]1(C)CCCCO1.Cc1ccccc1[Si]1CCCCO1. The fourth-order valence-corrected chi connectivity index (χ4v) is 7.24. The molecule has 2 aliphatic rings. The minimum absolute atomic E-state index is 0.656. The molecule has 1 aromatic rings. The molecule has 2 saturated heterocycles. The summed E-state index contributed by atoms with van der Waals surface area (Å²) in [5, 5.41) is 1.48. The molecule has 0 aliphatic carbocycles. The molecule has 0 amide bonds. The number of hydrogen-bond donors (Lipinski definition) is 0. The Balaban J connectivity index is 0.000000172. The standard InChI is InChI=1S/C11H15OSi.C7H14OSi/c1-10-6-2-3-7-11(10)13-9-5-4-8-12-13;1-3-9(2)7-5-4-6-8-9/h2-3,6-7H,4-5,8-9H2,1H3;3H,1,4-7H2,2H3. The van der Waals surface area contributed by atoms with Crippen LogP contribution in [0.2, 0.25) is 18.6 Å². The zero-order valence-electron chi connectivity index (χ0n) is 14.1. The summed E-state index contributed by atoms with van der Waals surface area (Å²) < 4.78 is 11.5. The lowest BCUT2D eigenvalue weighted by Gasteiger charge is -2.27. The molecular formula is C18H29O2Si2. The van der Waals surface area contributed by atoms with E-state index >= 15 is 0 Å². The number of benzene rings is 1. The van der Waals surface area contributed by atoms with Gasteiger partial charge in [0.1, 0.15) is 0 Å². The van der Waals surface area contributed by atoms with Crippen LogP contribution in [-0.2, 0) is 8.85 Å². The first kappa shape index (κ1) is 17.7. The van der Waals surface area contributed by atoms with Crippen molar-refractivity contribution >= 4 is 22.5 Å². The molecule has 0 spiro atoms. The monoisotopic (exact) mass is 333 g/mol. The van der Waals surface area contributed by atoms with Crippen molar-refractivity contribution in [3.8, 4) is 0 Å². The van der Waals surface area contributed by atoms with Crippen LogP contribution in [0.4, 0.5) is 0 Å². The van der Waals surface area contributed by atoms with E-state index in [1.165, 1.54) is 48.5 Å². The molecule has 2 fully saturated rings. The summed E-state index contributed by atoms with van der Waals surface area (Å²) >= 11 is 0. The van der Waals surface area contributed by atoms with Crippen molar-refractivity contribution in [2.24, 2.45) is 0 Å². The third-order valence-electron chi connectivity index (χ3n) is 4.45. The van der Waals surface area contributed by atoms with Crippen LogP contribution in [0.15, 0.2) is 36.5 Å². The lowest BCUT2D eigenvalue weighted by Crippen LogP contribution is -2.37. The molecule has 0 aromatic heterocycles. The summed E-state index contributed by atoms with van der Waals surface area (Å²) in [4.78, 5) is 0. The van der Waals surface area contributed by atoms with Gasteiger partial charge in [0.15, 0.2) is 0 Å². The molecule has 2 heterocycles. The van der Waals surface area contributed by atoms with E-state index in [0.717, 1.165) is 13.2 Å². The van der Waals surface area contributed by atoms with Crippen LogP contribution < -0.4 is 5.19 Å². The fraction of sp³-hybridized carbons (Fsp3) is 0.556. The first-order chi connectivity index (χ1) is 10.6. The number of rotatable bonds is 2. The predicted molar refractivity (Wildman–Crippen MR) is 98.4 cm³/mol. The molecule has 4 heteroatoms. The molecule has 2 nitrogen and oxygen atoms in total. The Morgan fingerprint density at radius 2 is 1.91 bits per heavy atom. The smallest absolute Gasteiger partial charge is 0.246 e. The Labute approximate surface area is 138 Å². The van der Waals surface area contributed by atoms with Crippen molar-refractivity contribution in [1.29, 1.82) is 0 Å². The van der Waals surface area contributed by atoms with Crippen LogP contribution >= 0.6 is 0 Å². The van der Waals surface area contributed by atoms with Crippen LogP contribution in [-0.4, -0.2) is 30.6 Å². The third kappa shape index (κ3) is 5.19. The summed E-state index contributed by atoms with van der Waals surface area (Å²) in [6.07, 6.45) is 5.19. The van der Waals surface area contributed by atoms with E-state index in [4.69, 9.17) is 8.85 Å². The van der Waals surface area contributed by atoms with E-state index in [1.807, 2.05) is 5.70 Å². The molecule has 0 N–H and O–H groups in total. The third-order valence-corrected chi connectivity index (χ3v) is 10.0. The zero-order valence-corrected chi connectivity index (χ0v) is 16.1. The molecule has 121 valence electrons. The van der Waals surface area contributed by atoms with Crippen molar-refractivity contribution in [2.75, 3.05) is 13.2 Å². The Morgan fingerprint density at radius 1 is 1.14 bits per heavy atom.